The van der Waals surface area contributed by atoms with Gasteiger partial charge in [-0.2, -0.15) is 0 Å². The second kappa shape index (κ2) is 5.22. The molecule has 0 aliphatic rings. The smallest absolute Gasteiger partial charge is 0.222 e. The van der Waals surface area contributed by atoms with Crippen LogP contribution in [0.15, 0.2) is 0 Å². The van der Waals surface area contributed by atoms with E-state index >= 15 is 0 Å². The van der Waals surface area contributed by atoms with Crippen molar-refractivity contribution in [1.29, 1.82) is 0 Å². The highest BCUT2D eigenvalue weighted by molar-refractivity contribution is 5.76. The van der Waals surface area contributed by atoms with Gasteiger partial charge in [-0.05, 0) is 20.3 Å². The molecule has 3 heteroatoms. The lowest BCUT2D eigenvalue weighted by Crippen LogP contribution is -2.49. The molecule has 78 valence electrons. The van der Waals surface area contributed by atoms with Crippen LogP contribution < -0.4 is 5.73 Å². The first-order chi connectivity index (χ1) is 5.95. The number of carbonyl (C=O) groups excluding carboxylic acids is 1. The van der Waals surface area contributed by atoms with Gasteiger partial charge in [0.05, 0.1) is 0 Å². The number of nitrogens with zero attached hydrogens (tertiary/aromatic N) is 1. The highest BCUT2D eigenvalue weighted by atomic mass is 16.2. The number of likely N-dealkylation sites (N-methyl/N-ethyl adjacent to an activating group) is 1. The van der Waals surface area contributed by atoms with E-state index in [4.69, 9.17) is 5.73 Å². The van der Waals surface area contributed by atoms with E-state index in [2.05, 4.69) is 6.92 Å². The van der Waals surface area contributed by atoms with Gasteiger partial charge >= 0.3 is 0 Å². The first-order valence-corrected chi connectivity index (χ1v) is 4.92. The van der Waals surface area contributed by atoms with Gasteiger partial charge in [-0.25, -0.2) is 0 Å². The number of amides is 1. The predicted octanol–water partition coefficient (Wildman–Crippen LogP) is 1.37. The van der Waals surface area contributed by atoms with E-state index in [0.29, 0.717) is 13.0 Å². The van der Waals surface area contributed by atoms with Crippen molar-refractivity contribution in [2.45, 2.75) is 45.6 Å². The summed E-state index contributed by atoms with van der Waals surface area (Å²) in [5, 5.41) is 0. The molecule has 0 bridgehead atoms. The van der Waals surface area contributed by atoms with Crippen LogP contribution >= 0.6 is 0 Å². The SMILES string of the molecule is CCCCC(=O)N(C)C(C)(C)CN. The summed E-state index contributed by atoms with van der Waals surface area (Å²) in [6.45, 7) is 6.55. The third-order valence-corrected chi connectivity index (χ3v) is 2.53. The Hall–Kier alpha value is -0.570. The lowest BCUT2D eigenvalue weighted by atomic mass is 10.0. The van der Waals surface area contributed by atoms with Gasteiger partial charge in [0.2, 0.25) is 5.91 Å². The summed E-state index contributed by atoms with van der Waals surface area (Å²) in [4.78, 5) is 13.3. The molecular weight excluding hydrogens is 164 g/mol. The predicted molar refractivity (Wildman–Crippen MR) is 55.4 cm³/mol. The molecule has 0 aliphatic heterocycles. The van der Waals surface area contributed by atoms with Gasteiger partial charge in [-0.3, -0.25) is 4.79 Å². The van der Waals surface area contributed by atoms with Crippen molar-refractivity contribution in [3.8, 4) is 0 Å². The van der Waals surface area contributed by atoms with Crippen molar-refractivity contribution >= 4 is 5.91 Å². The number of hydrogen-bond acceptors (Lipinski definition) is 2. The molecule has 0 aromatic heterocycles. The molecule has 0 rings (SSSR count). The van der Waals surface area contributed by atoms with Crippen molar-refractivity contribution in [2.75, 3.05) is 13.6 Å². The van der Waals surface area contributed by atoms with Gasteiger partial charge in [-0.15, -0.1) is 0 Å². The van der Waals surface area contributed by atoms with Crippen molar-refractivity contribution < 1.29 is 4.79 Å². The van der Waals surface area contributed by atoms with Crippen molar-refractivity contribution in [2.24, 2.45) is 5.73 Å². The molecule has 1 amide bonds. The maximum atomic E-state index is 11.6. The van der Waals surface area contributed by atoms with Crippen LogP contribution in [0.2, 0.25) is 0 Å². The maximum Gasteiger partial charge on any atom is 0.222 e. The van der Waals surface area contributed by atoms with E-state index in [-0.39, 0.29) is 11.4 Å². The van der Waals surface area contributed by atoms with Gasteiger partial charge in [0, 0.05) is 25.6 Å². The lowest BCUT2D eigenvalue weighted by Gasteiger charge is -2.34. The normalized spacial score (nSPS) is 11.5. The average molecular weight is 186 g/mol. The number of hydrogen-bond donors (Lipinski definition) is 1. The van der Waals surface area contributed by atoms with Gasteiger partial charge in [0.1, 0.15) is 0 Å². The molecule has 0 atom stereocenters. The fraction of sp³-hybridized carbons (Fsp3) is 0.900. The molecular formula is C10H22N2O. The second-order valence-electron chi connectivity index (χ2n) is 4.07. The van der Waals surface area contributed by atoms with Crippen molar-refractivity contribution in [3.63, 3.8) is 0 Å². The number of carbonyl (C=O) groups is 1. The largest absolute Gasteiger partial charge is 0.339 e. The average Bonchev–Trinajstić information content (AvgIpc) is 2.12. The number of nitrogens with two attached hydrogens (primary N) is 1. The molecule has 0 radical (unpaired) electrons. The van der Waals surface area contributed by atoms with E-state index in [9.17, 15) is 4.79 Å². The van der Waals surface area contributed by atoms with Crippen LogP contribution in [0.5, 0.6) is 0 Å². The van der Waals surface area contributed by atoms with Crippen LogP contribution in [-0.2, 0) is 4.79 Å². The van der Waals surface area contributed by atoms with Gasteiger partial charge < -0.3 is 10.6 Å². The molecule has 0 aliphatic carbocycles. The minimum atomic E-state index is -0.217. The summed E-state index contributed by atoms with van der Waals surface area (Å²) in [5.74, 6) is 0.192. The Labute approximate surface area is 81.3 Å². The Bertz CT molecular complexity index is 166. The van der Waals surface area contributed by atoms with Crippen LogP contribution in [0.3, 0.4) is 0 Å². The molecule has 2 N–H and O–H groups in total. The van der Waals surface area contributed by atoms with Crippen molar-refractivity contribution in [1.82, 2.24) is 4.90 Å². The molecule has 13 heavy (non-hydrogen) atoms. The zero-order chi connectivity index (χ0) is 10.5. The summed E-state index contributed by atoms with van der Waals surface area (Å²) in [6, 6.07) is 0. The zero-order valence-corrected chi connectivity index (χ0v) is 9.26. The first kappa shape index (κ1) is 12.4. The van der Waals surface area contributed by atoms with E-state index in [1.165, 1.54) is 0 Å². The minimum Gasteiger partial charge on any atom is -0.339 e. The summed E-state index contributed by atoms with van der Waals surface area (Å²) >= 11 is 0. The Balaban J connectivity index is 4.09. The Morgan fingerprint density at radius 3 is 2.38 bits per heavy atom. The molecule has 0 heterocycles. The Kier molecular flexibility index (Phi) is 4.99. The van der Waals surface area contributed by atoms with Crippen LogP contribution in [0.1, 0.15) is 40.0 Å². The van der Waals surface area contributed by atoms with E-state index in [1.807, 2.05) is 20.9 Å². The molecule has 0 saturated heterocycles. The highest BCUT2D eigenvalue weighted by Crippen LogP contribution is 2.12. The molecule has 0 saturated carbocycles. The number of rotatable bonds is 5. The molecule has 3 nitrogen and oxygen atoms in total. The number of unbranched alkanes of at least 4 members (excludes halogenated alkanes) is 1. The standard InChI is InChI=1S/C10H22N2O/c1-5-6-7-9(13)12(4)10(2,3)8-11/h5-8,11H2,1-4H3. The topological polar surface area (TPSA) is 46.3 Å². The zero-order valence-electron chi connectivity index (χ0n) is 9.26. The molecule has 0 fully saturated rings. The molecule has 0 unspecified atom stereocenters. The molecule has 0 aromatic rings. The fourth-order valence-corrected chi connectivity index (χ4v) is 0.970. The van der Waals surface area contributed by atoms with Crippen LogP contribution in [-0.4, -0.2) is 29.9 Å². The maximum absolute atomic E-state index is 11.6. The summed E-state index contributed by atoms with van der Waals surface area (Å²) < 4.78 is 0. The Morgan fingerprint density at radius 1 is 1.46 bits per heavy atom. The van der Waals surface area contributed by atoms with Gasteiger partial charge in [0.15, 0.2) is 0 Å². The molecule has 0 spiro atoms. The van der Waals surface area contributed by atoms with Crippen LogP contribution in [0, 0.1) is 0 Å². The van der Waals surface area contributed by atoms with Crippen LogP contribution in [0.25, 0.3) is 0 Å². The van der Waals surface area contributed by atoms with E-state index in [1.54, 1.807) is 4.90 Å². The van der Waals surface area contributed by atoms with Crippen LogP contribution in [0.4, 0.5) is 0 Å². The van der Waals surface area contributed by atoms with Crippen molar-refractivity contribution in [3.05, 3.63) is 0 Å². The van der Waals surface area contributed by atoms with Gasteiger partial charge in [-0.1, -0.05) is 13.3 Å². The third kappa shape index (κ3) is 3.77. The van der Waals surface area contributed by atoms with E-state index < -0.39 is 0 Å². The second-order valence-corrected chi connectivity index (χ2v) is 4.07. The van der Waals surface area contributed by atoms with E-state index in [0.717, 1.165) is 12.8 Å². The first-order valence-electron chi connectivity index (χ1n) is 4.92. The van der Waals surface area contributed by atoms with Gasteiger partial charge in [0.25, 0.3) is 0 Å². The third-order valence-electron chi connectivity index (χ3n) is 2.53. The summed E-state index contributed by atoms with van der Waals surface area (Å²) in [6.07, 6.45) is 2.66. The monoisotopic (exact) mass is 186 g/mol. The quantitative estimate of drug-likeness (QED) is 0.705. The molecule has 0 aromatic carbocycles. The highest BCUT2D eigenvalue weighted by Gasteiger charge is 2.25. The lowest BCUT2D eigenvalue weighted by molar-refractivity contribution is -0.134. The Morgan fingerprint density at radius 2 is 2.00 bits per heavy atom. The summed E-state index contributed by atoms with van der Waals surface area (Å²) in [7, 11) is 1.82. The fourth-order valence-electron chi connectivity index (χ4n) is 0.970. The minimum absolute atomic E-state index is 0.192. The summed E-state index contributed by atoms with van der Waals surface area (Å²) in [5.41, 5.74) is 5.36.